The first-order chi connectivity index (χ1) is 16.2. The Hall–Kier alpha value is -2.95. The molecule has 1 saturated heterocycles. The third kappa shape index (κ3) is 5.52. The summed E-state index contributed by atoms with van der Waals surface area (Å²) >= 11 is 0. The molecule has 2 aromatic carbocycles. The first kappa shape index (κ1) is 23.2. The van der Waals surface area contributed by atoms with E-state index in [0.29, 0.717) is 30.0 Å². The summed E-state index contributed by atoms with van der Waals surface area (Å²) in [6.45, 7) is 5.75. The minimum atomic E-state index is 0.0125. The second kappa shape index (κ2) is 11.3. The lowest BCUT2D eigenvalue weighted by molar-refractivity contribution is 0.289. The van der Waals surface area contributed by atoms with Crippen molar-refractivity contribution >= 4 is 16.5 Å². The van der Waals surface area contributed by atoms with E-state index in [0.717, 1.165) is 44.2 Å². The number of piperidine rings is 1. The maximum atomic E-state index is 13.2. The number of hydrogen-bond acceptors (Lipinski definition) is 4. The topological polar surface area (TPSA) is 43.7 Å². The van der Waals surface area contributed by atoms with Crippen LogP contribution in [0.25, 0.3) is 10.8 Å². The molecule has 0 aliphatic carbocycles. The van der Waals surface area contributed by atoms with Crippen molar-refractivity contribution in [2.45, 2.75) is 58.4 Å². The molecule has 0 spiro atoms. The van der Waals surface area contributed by atoms with Gasteiger partial charge in [-0.1, -0.05) is 31.9 Å². The average molecular weight is 449 g/mol. The van der Waals surface area contributed by atoms with Crippen molar-refractivity contribution in [3.05, 3.63) is 64.6 Å². The quantitative estimate of drug-likeness (QED) is 0.367. The minimum Gasteiger partial charge on any atom is -0.493 e. The fourth-order valence-electron chi connectivity index (χ4n) is 4.61. The molecule has 1 aliphatic heterocycles. The van der Waals surface area contributed by atoms with Crippen LogP contribution in [0.3, 0.4) is 0 Å². The van der Waals surface area contributed by atoms with Gasteiger partial charge >= 0.3 is 0 Å². The largest absolute Gasteiger partial charge is 0.493 e. The van der Waals surface area contributed by atoms with E-state index in [9.17, 15) is 4.79 Å². The first-order valence-electron chi connectivity index (χ1n) is 12.4. The predicted molar refractivity (Wildman–Crippen MR) is 136 cm³/mol. The number of nitrogens with zero attached hydrogens (tertiary/aromatic N) is 2. The highest BCUT2D eigenvalue weighted by atomic mass is 16.5. The van der Waals surface area contributed by atoms with Gasteiger partial charge in [0.1, 0.15) is 0 Å². The number of pyridine rings is 1. The van der Waals surface area contributed by atoms with Gasteiger partial charge in [0.2, 0.25) is 0 Å². The highest BCUT2D eigenvalue weighted by Crippen LogP contribution is 2.34. The SMILES string of the molecule is CCCCCOc1c(OC)ccc2c(=O)n(CCc3ccc(N4CCCCC4)cc3)ccc12. The van der Waals surface area contributed by atoms with E-state index in [1.165, 1.54) is 30.5 Å². The molecule has 2 heterocycles. The normalized spacial score (nSPS) is 13.9. The van der Waals surface area contributed by atoms with E-state index in [1.54, 1.807) is 11.7 Å². The van der Waals surface area contributed by atoms with Crippen LogP contribution < -0.4 is 19.9 Å². The van der Waals surface area contributed by atoms with Crippen LogP contribution in [-0.2, 0) is 13.0 Å². The third-order valence-corrected chi connectivity index (χ3v) is 6.59. The highest BCUT2D eigenvalue weighted by molar-refractivity contribution is 5.90. The number of ether oxygens (including phenoxy) is 2. The van der Waals surface area contributed by atoms with Gasteiger partial charge in [-0.3, -0.25) is 4.79 Å². The number of aromatic nitrogens is 1. The molecule has 3 aromatic rings. The zero-order valence-corrected chi connectivity index (χ0v) is 20.0. The van der Waals surface area contributed by atoms with Gasteiger partial charge in [0.25, 0.3) is 5.56 Å². The number of unbranched alkanes of at least 4 members (excludes halogenated alkanes) is 2. The molecule has 5 heteroatoms. The maximum Gasteiger partial charge on any atom is 0.258 e. The van der Waals surface area contributed by atoms with Crippen molar-refractivity contribution in [1.29, 1.82) is 0 Å². The van der Waals surface area contributed by atoms with Crippen molar-refractivity contribution in [2.75, 3.05) is 31.7 Å². The maximum absolute atomic E-state index is 13.2. The molecule has 0 atom stereocenters. The molecule has 5 nitrogen and oxygen atoms in total. The second-order valence-electron chi connectivity index (χ2n) is 8.89. The summed E-state index contributed by atoms with van der Waals surface area (Å²) in [4.78, 5) is 15.7. The monoisotopic (exact) mass is 448 g/mol. The molecule has 176 valence electrons. The van der Waals surface area contributed by atoms with Gasteiger partial charge in [0.15, 0.2) is 11.5 Å². The molecule has 0 amide bonds. The van der Waals surface area contributed by atoms with Crippen molar-refractivity contribution in [3.8, 4) is 11.5 Å². The zero-order chi connectivity index (χ0) is 23.0. The van der Waals surface area contributed by atoms with Crippen LogP contribution in [0, 0.1) is 0 Å². The Bertz CT molecular complexity index is 1100. The minimum absolute atomic E-state index is 0.0125. The fraction of sp³-hybridized carbons (Fsp3) is 0.464. The molecular formula is C28H36N2O3. The van der Waals surface area contributed by atoms with E-state index >= 15 is 0 Å². The molecule has 0 N–H and O–H groups in total. The predicted octanol–water partition coefficient (Wildman–Crippen LogP) is 5.81. The molecule has 1 aromatic heterocycles. The summed E-state index contributed by atoms with van der Waals surface area (Å²) in [5.74, 6) is 1.34. The van der Waals surface area contributed by atoms with Crippen molar-refractivity contribution in [3.63, 3.8) is 0 Å². The van der Waals surface area contributed by atoms with E-state index in [1.807, 2.05) is 24.4 Å². The Morgan fingerprint density at radius 3 is 2.42 bits per heavy atom. The number of aryl methyl sites for hydroxylation is 2. The lowest BCUT2D eigenvalue weighted by Crippen LogP contribution is -2.29. The Labute approximate surface area is 196 Å². The zero-order valence-electron chi connectivity index (χ0n) is 20.0. The Kier molecular flexibility index (Phi) is 7.92. The van der Waals surface area contributed by atoms with Crippen LogP contribution in [0.5, 0.6) is 11.5 Å². The number of benzene rings is 2. The number of fused-ring (bicyclic) bond motifs is 1. The van der Waals surface area contributed by atoms with Crippen LogP contribution in [0.2, 0.25) is 0 Å². The second-order valence-corrected chi connectivity index (χ2v) is 8.89. The van der Waals surface area contributed by atoms with Gasteiger partial charge in [0.05, 0.1) is 19.1 Å². The van der Waals surface area contributed by atoms with Gasteiger partial charge in [-0.15, -0.1) is 0 Å². The van der Waals surface area contributed by atoms with Crippen LogP contribution in [0.4, 0.5) is 5.69 Å². The summed E-state index contributed by atoms with van der Waals surface area (Å²) in [5.41, 5.74) is 2.57. The van der Waals surface area contributed by atoms with Crippen molar-refractivity contribution in [2.24, 2.45) is 0 Å². The summed E-state index contributed by atoms with van der Waals surface area (Å²) < 4.78 is 13.4. The lowest BCUT2D eigenvalue weighted by Gasteiger charge is -2.28. The Morgan fingerprint density at radius 1 is 0.909 bits per heavy atom. The molecule has 0 radical (unpaired) electrons. The molecule has 0 bridgehead atoms. The summed E-state index contributed by atoms with van der Waals surface area (Å²) in [5, 5.41) is 1.49. The molecule has 0 unspecified atom stereocenters. The molecule has 33 heavy (non-hydrogen) atoms. The highest BCUT2D eigenvalue weighted by Gasteiger charge is 2.14. The van der Waals surface area contributed by atoms with Gasteiger partial charge in [-0.2, -0.15) is 0 Å². The van der Waals surface area contributed by atoms with Crippen LogP contribution in [-0.4, -0.2) is 31.4 Å². The number of anilines is 1. The third-order valence-electron chi connectivity index (χ3n) is 6.59. The first-order valence-corrected chi connectivity index (χ1v) is 12.4. The molecular weight excluding hydrogens is 412 g/mol. The summed E-state index contributed by atoms with van der Waals surface area (Å²) in [6, 6.07) is 14.5. The molecule has 0 saturated carbocycles. The molecule has 1 fully saturated rings. The van der Waals surface area contributed by atoms with E-state index < -0.39 is 0 Å². The van der Waals surface area contributed by atoms with Gasteiger partial charge in [-0.25, -0.2) is 0 Å². The van der Waals surface area contributed by atoms with E-state index in [4.69, 9.17) is 9.47 Å². The average Bonchev–Trinajstić information content (AvgIpc) is 2.87. The van der Waals surface area contributed by atoms with Crippen LogP contribution in [0.15, 0.2) is 53.5 Å². The Morgan fingerprint density at radius 2 is 1.70 bits per heavy atom. The van der Waals surface area contributed by atoms with Crippen LogP contribution >= 0.6 is 0 Å². The Balaban J connectivity index is 1.48. The lowest BCUT2D eigenvalue weighted by atomic mass is 10.1. The number of rotatable bonds is 10. The van der Waals surface area contributed by atoms with E-state index in [-0.39, 0.29) is 5.56 Å². The van der Waals surface area contributed by atoms with Crippen molar-refractivity contribution in [1.82, 2.24) is 4.57 Å². The molecule has 4 rings (SSSR count). The standard InChI is InChI=1S/C28H36N2O3/c1-3-4-8-21-33-27-24-16-20-30(28(31)25(24)13-14-26(27)32-2)19-15-22-9-11-23(12-10-22)29-17-6-5-7-18-29/h9-14,16,20H,3-8,15,17-19,21H2,1-2H3. The van der Waals surface area contributed by atoms with Crippen LogP contribution in [0.1, 0.15) is 51.0 Å². The summed E-state index contributed by atoms with van der Waals surface area (Å²) in [7, 11) is 1.64. The smallest absolute Gasteiger partial charge is 0.258 e. The number of hydrogen-bond donors (Lipinski definition) is 0. The fourth-order valence-corrected chi connectivity index (χ4v) is 4.61. The van der Waals surface area contributed by atoms with Gasteiger partial charge in [-0.05, 0) is 68.0 Å². The van der Waals surface area contributed by atoms with Gasteiger partial charge in [0, 0.05) is 36.9 Å². The number of methoxy groups -OCH3 is 1. The van der Waals surface area contributed by atoms with Crippen molar-refractivity contribution < 1.29 is 9.47 Å². The van der Waals surface area contributed by atoms with E-state index in [2.05, 4.69) is 36.1 Å². The molecule has 1 aliphatic rings. The summed E-state index contributed by atoms with van der Waals surface area (Å²) in [6.07, 6.45) is 9.86. The van der Waals surface area contributed by atoms with Gasteiger partial charge < -0.3 is 18.9 Å².